The topological polar surface area (TPSA) is 27.7 Å². The van der Waals surface area contributed by atoms with Gasteiger partial charge in [-0.3, -0.25) is 0 Å². The molecule has 2 aromatic rings. The highest BCUT2D eigenvalue weighted by Gasteiger charge is 2.13. The van der Waals surface area contributed by atoms with E-state index in [1.54, 1.807) is 7.11 Å². The van der Waals surface area contributed by atoms with Gasteiger partial charge in [0.05, 0.1) is 6.61 Å². The average Bonchev–Trinajstić information content (AvgIpc) is 2.66. The second kappa shape index (κ2) is 11.0. The van der Waals surface area contributed by atoms with Crippen molar-refractivity contribution in [3.8, 4) is 11.5 Å². The summed E-state index contributed by atoms with van der Waals surface area (Å²) < 4.78 is 16.7. The Bertz CT molecular complexity index is 668. The quantitative estimate of drug-likeness (QED) is 0.357. The summed E-state index contributed by atoms with van der Waals surface area (Å²) in [4.78, 5) is 1.91. The Morgan fingerprint density at radius 3 is 2.52 bits per heavy atom. The highest BCUT2D eigenvalue weighted by atomic mass is 79.9. The molecule has 134 valence electrons. The molecule has 0 bridgehead atoms. The molecule has 0 radical (unpaired) electrons. The van der Waals surface area contributed by atoms with E-state index >= 15 is 0 Å². The molecule has 25 heavy (non-hydrogen) atoms. The summed E-state index contributed by atoms with van der Waals surface area (Å²) in [5.41, 5.74) is 3.10. The summed E-state index contributed by atoms with van der Waals surface area (Å²) in [6.45, 7) is 3.12. The predicted molar refractivity (Wildman–Crippen MR) is 106 cm³/mol. The molecule has 0 unspecified atom stereocenters. The van der Waals surface area contributed by atoms with Crippen molar-refractivity contribution in [1.82, 2.24) is 0 Å². The summed E-state index contributed by atoms with van der Waals surface area (Å²) >= 11 is 3.50. The van der Waals surface area contributed by atoms with Gasteiger partial charge in [-0.15, -0.1) is 0 Å². The number of hydrogen-bond donors (Lipinski definition) is 0. The molecule has 0 N–H and O–H groups in total. The van der Waals surface area contributed by atoms with Crippen LogP contribution in [0.5, 0.6) is 11.5 Å². The van der Waals surface area contributed by atoms with Gasteiger partial charge in [-0.2, -0.15) is 0 Å². The lowest BCUT2D eigenvalue weighted by molar-refractivity contribution is 0.0509. The minimum Gasteiger partial charge on any atom is -0.494 e. The first kappa shape index (κ1) is 19.5. The van der Waals surface area contributed by atoms with Gasteiger partial charge in [0.1, 0.15) is 11.5 Å². The fraction of sp³-hybridized carbons (Fsp3) is 0.333. The first-order valence-electron chi connectivity index (χ1n) is 8.55. The second-order valence-electron chi connectivity index (χ2n) is 5.65. The fourth-order valence-corrected chi connectivity index (χ4v) is 3.01. The molecule has 0 aliphatic heterocycles. The smallest absolute Gasteiger partial charge is 0.188 e. The largest absolute Gasteiger partial charge is 0.494 e. The van der Waals surface area contributed by atoms with Crippen LogP contribution in [0.2, 0.25) is 0 Å². The SMILES string of the molecule is CCCCCOc1ccc(OCOC)c(/C(=C/Br)c2ccccc2)c1. The zero-order valence-corrected chi connectivity index (χ0v) is 16.4. The molecule has 4 heteroatoms. The lowest BCUT2D eigenvalue weighted by Crippen LogP contribution is -2.03. The van der Waals surface area contributed by atoms with Crippen LogP contribution in [0.1, 0.15) is 37.3 Å². The normalized spacial score (nSPS) is 11.4. The summed E-state index contributed by atoms with van der Waals surface area (Å²) in [5.74, 6) is 1.61. The number of methoxy groups -OCH3 is 1. The Morgan fingerprint density at radius 1 is 1.04 bits per heavy atom. The van der Waals surface area contributed by atoms with Crippen molar-refractivity contribution in [2.75, 3.05) is 20.5 Å². The van der Waals surface area contributed by atoms with Gasteiger partial charge in [0, 0.05) is 12.7 Å². The highest BCUT2D eigenvalue weighted by Crippen LogP contribution is 2.35. The van der Waals surface area contributed by atoms with Crippen molar-refractivity contribution in [3.05, 3.63) is 64.6 Å². The van der Waals surface area contributed by atoms with Gasteiger partial charge in [0.15, 0.2) is 6.79 Å². The van der Waals surface area contributed by atoms with E-state index < -0.39 is 0 Å². The van der Waals surface area contributed by atoms with Crippen LogP contribution in [0.3, 0.4) is 0 Å². The Labute approximate surface area is 158 Å². The van der Waals surface area contributed by atoms with E-state index in [0.717, 1.165) is 41.2 Å². The van der Waals surface area contributed by atoms with Crippen molar-refractivity contribution < 1.29 is 14.2 Å². The molecule has 0 saturated carbocycles. The molecule has 0 aliphatic rings. The Hall–Kier alpha value is -1.78. The molecule has 0 amide bonds. The molecular weight excluding hydrogens is 380 g/mol. The van der Waals surface area contributed by atoms with Crippen LogP contribution in [0, 0.1) is 0 Å². The number of halogens is 1. The fourth-order valence-electron chi connectivity index (χ4n) is 2.49. The van der Waals surface area contributed by atoms with Gasteiger partial charge in [-0.25, -0.2) is 0 Å². The summed E-state index contributed by atoms with van der Waals surface area (Å²) in [5, 5.41) is 0. The van der Waals surface area contributed by atoms with Gasteiger partial charge in [0.25, 0.3) is 0 Å². The van der Waals surface area contributed by atoms with Crippen LogP contribution in [-0.2, 0) is 4.74 Å². The maximum atomic E-state index is 5.91. The van der Waals surface area contributed by atoms with Crippen molar-refractivity contribution in [2.45, 2.75) is 26.2 Å². The van der Waals surface area contributed by atoms with Crippen LogP contribution in [0.25, 0.3) is 5.57 Å². The maximum absolute atomic E-state index is 5.91. The number of benzene rings is 2. The van der Waals surface area contributed by atoms with Crippen LogP contribution < -0.4 is 9.47 Å². The van der Waals surface area contributed by atoms with E-state index in [1.165, 1.54) is 12.8 Å². The van der Waals surface area contributed by atoms with E-state index in [4.69, 9.17) is 14.2 Å². The molecular formula is C21H25BrO3. The molecule has 0 aliphatic carbocycles. The monoisotopic (exact) mass is 404 g/mol. The van der Waals surface area contributed by atoms with E-state index in [1.807, 2.05) is 41.4 Å². The summed E-state index contributed by atoms with van der Waals surface area (Å²) in [6.07, 6.45) is 3.43. The third-order valence-electron chi connectivity index (χ3n) is 3.78. The van der Waals surface area contributed by atoms with Crippen molar-refractivity contribution in [2.24, 2.45) is 0 Å². The van der Waals surface area contributed by atoms with Gasteiger partial charge in [0.2, 0.25) is 0 Å². The van der Waals surface area contributed by atoms with E-state index in [0.29, 0.717) is 0 Å². The molecule has 3 nitrogen and oxygen atoms in total. The second-order valence-corrected chi connectivity index (χ2v) is 6.11. The Balaban J connectivity index is 2.30. The molecule has 0 heterocycles. The molecule has 2 aromatic carbocycles. The van der Waals surface area contributed by atoms with Crippen molar-refractivity contribution in [3.63, 3.8) is 0 Å². The molecule has 0 spiro atoms. The van der Waals surface area contributed by atoms with Crippen LogP contribution in [0.4, 0.5) is 0 Å². The van der Waals surface area contributed by atoms with Crippen LogP contribution in [-0.4, -0.2) is 20.5 Å². The number of ether oxygens (including phenoxy) is 3. The highest BCUT2D eigenvalue weighted by molar-refractivity contribution is 9.11. The van der Waals surface area contributed by atoms with E-state index in [2.05, 4.69) is 35.0 Å². The molecule has 0 saturated heterocycles. The first-order valence-corrected chi connectivity index (χ1v) is 9.46. The minimum absolute atomic E-state index is 0.202. The first-order chi connectivity index (χ1) is 12.3. The van der Waals surface area contributed by atoms with Crippen LogP contribution in [0.15, 0.2) is 53.5 Å². The zero-order valence-electron chi connectivity index (χ0n) is 14.8. The van der Waals surface area contributed by atoms with Gasteiger partial charge in [-0.05, 0) is 40.7 Å². The Kier molecular flexibility index (Phi) is 8.56. The lowest BCUT2D eigenvalue weighted by Gasteiger charge is -2.16. The number of unbranched alkanes of at least 4 members (excludes halogenated alkanes) is 2. The Morgan fingerprint density at radius 2 is 1.84 bits per heavy atom. The molecule has 2 rings (SSSR count). The third kappa shape index (κ3) is 5.91. The lowest BCUT2D eigenvalue weighted by atomic mass is 9.98. The number of hydrogen-bond acceptors (Lipinski definition) is 3. The summed E-state index contributed by atoms with van der Waals surface area (Å²) in [6, 6.07) is 16.1. The molecule has 0 fully saturated rings. The average molecular weight is 405 g/mol. The van der Waals surface area contributed by atoms with Crippen molar-refractivity contribution in [1.29, 1.82) is 0 Å². The molecule has 0 aromatic heterocycles. The molecule has 0 atom stereocenters. The summed E-state index contributed by atoms with van der Waals surface area (Å²) in [7, 11) is 1.61. The van der Waals surface area contributed by atoms with Crippen molar-refractivity contribution >= 4 is 21.5 Å². The van der Waals surface area contributed by atoms with Gasteiger partial charge in [-0.1, -0.05) is 66.0 Å². The number of rotatable bonds is 10. The third-order valence-corrected chi connectivity index (χ3v) is 4.24. The van der Waals surface area contributed by atoms with Gasteiger partial charge < -0.3 is 14.2 Å². The van der Waals surface area contributed by atoms with E-state index in [-0.39, 0.29) is 6.79 Å². The maximum Gasteiger partial charge on any atom is 0.188 e. The standard InChI is InChI=1S/C21H25BrO3/c1-3-4-8-13-24-18-11-12-21(25-16-23-2)19(14-18)20(15-22)17-9-6-5-7-10-17/h5-7,9-12,14-15H,3-4,8,13,16H2,1-2H3/b20-15+. The zero-order chi connectivity index (χ0) is 17.9. The predicted octanol–water partition coefficient (Wildman–Crippen LogP) is 6.02. The van der Waals surface area contributed by atoms with E-state index in [9.17, 15) is 0 Å². The minimum atomic E-state index is 0.202. The van der Waals surface area contributed by atoms with Crippen LogP contribution >= 0.6 is 15.9 Å². The van der Waals surface area contributed by atoms with Gasteiger partial charge >= 0.3 is 0 Å².